The fraction of sp³-hybridized carbons (Fsp3) is 0.462. The van der Waals surface area contributed by atoms with Gasteiger partial charge in [0.1, 0.15) is 18.2 Å². The van der Waals surface area contributed by atoms with Gasteiger partial charge in [0.2, 0.25) is 0 Å². The summed E-state index contributed by atoms with van der Waals surface area (Å²) < 4.78 is 18.8. The van der Waals surface area contributed by atoms with Crippen molar-refractivity contribution >= 4 is 5.97 Å². The smallest absolute Gasteiger partial charge is 0.312 e. The molecule has 0 radical (unpaired) electrons. The number of aliphatic hydroxyl groups is 1. The minimum Gasteiger partial charge on any atom is -0.492 e. The fourth-order valence-electron chi connectivity index (χ4n) is 1.26. The third-order valence-electron chi connectivity index (χ3n) is 2.60. The van der Waals surface area contributed by atoms with Gasteiger partial charge in [0.15, 0.2) is 0 Å². The maximum atomic E-state index is 13.5. The van der Waals surface area contributed by atoms with Crippen LogP contribution in [0.3, 0.4) is 0 Å². The topological polar surface area (TPSA) is 66.8 Å². The van der Waals surface area contributed by atoms with Crippen molar-refractivity contribution in [2.75, 3.05) is 6.61 Å². The third kappa shape index (κ3) is 3.43. The highest BCUT2D eigenvalue weighted by atomic mass is 19.1. The summed E-state index contributed by atoms with van der Waals surface area (Å²) >= 11 is 0. The Hall–Kier alpha value is -1.62. The van der Waals surface area contributed by atoms with Crippen molar-refractivity contribution in [2.24, 2.45) is 5.41 Å². The number of halogens is 1. The first kappa shape index (κ1) is 14.4. The lowest BCUT2D eigenvalue weighted by molar-refractivity contribution is -0.148. The Balaban J connectivity index is 2.76. The highest BCUT2D eigenvalue weighted by Gasteiger charge is 2.28. The van der Waals surface area contributed by atoms with Crippen molar-refractivity contribution in [2.45, 2.75) is 26.9 Å². The van der Waals surface area contributed by atoms with Gasteiger partial charge in [0.25, 0.3) is 0 Å². The van der Waals surface area contributed by atoms with Crippen LogP contribution < -0.4 is 4.74 Å². The Morgan fingerprint density at radius 3 is 2.56 bits per heavy atom. The van der Waals surface area contributed by atoms with Gasteiger partial charge in [-0.3, -0.25) is 4.79 Å². The summed E-state index contributed by atoms with van der Waals surface area (Å²) in [5.74, 6) is -1.31. The van der Waals surface area contributed by atoms with E-state index in [0.29, 0.717) is 0 Å². The van der Waals surface area contributed by atoms with Crippen molar-refractivity contribution in [3.05, 3.63) is 29.6 Å². The summed E-state index contributed by atoms with van der Waals surface area (Å²) in [5.41, 5.74) is -0.862. The number of carboxylic acids is 1. The SMILES string of the molecule is C[C@@H](O)c1ccc(OCC(C)(C)C(=O)O)cc1F. The summed E-state index contributed by atoms with van der Waals surface area (Å²) in [4.78, 5) is 10.9. The largest absolute Gasteiger partial charge is 0.492 e. The number of rotatable bonds is 5. The number of ether oxygens (including phenoxy) is 1. The number of hydrogen-bond acceptors (Lipinski definition) is 3. The van der Waals surface area contributed by atoms with Gasteiger partial charge in [0, 0.05) is 11.6 Å². The van der Waals surface area contributed by atoms with E-state index in [1.807, 2.05) is 0 Å². The van der Waals surface area contributed by atoms with E-state index in [-0.39, 0.29) is 17.9 Å². The van der Waals surface area contributed by atoms with Crippen LogP contribution in [0.15, 0.2) is 18.2 Å². The second kappa shape index (κ2) is 5.35. The van der Waals surface area contributed by atoms with E-state index >= 15 is 0 Å². The molecular weight excluding hydrogens is 239 g/mol. The van der Waals surface area contributed by atoms with Gasteiger partial charge in [-0.15, -0.1) is 0 Å². The van der Waals surface area contributed by atoms with Gasteiger partial charge in [-0.2, -0.15) is 0 Å². The van der Waals surface area contributed by atoms with Gasteiger partial charge in [0.05, 0.1) is 11.5 Å². The van der Waals surface area contributed by atoms with Gasteiger partial charge in [-0.25, -0.2) is 4.39 Å². The van der Waals surface area contributed by atoms with Gasteiger partial charge in [-0.1, -0.05) is 0 Å². The predicted octanol–water partition coefficient (Wildman–Crippen LogP) is 2.37. The van der Waals surface area contributed by atoms with E-state index in [2.05, 4.69) is 0 Å². The zero-order valence-electron chi connectivity index (χ0n) is 10.6. The summed E-state index contributed by atoms with van der Waals surface area (Å²) in [6, 6.07) is 4.06. The van der Waals surface area contributed by atoms with Crippen LogP contribution in [0.2, 0.25) is 0 Å². The second-order valence-electron chi connectivity index (χ2n) is 4.84. The normalized spacial score (nSPS) is 13.2. The van der Waals surface area contributed by atoms with Crippen molar-refractivity contribution < 1.29 is 24.1 Å². The quantitative estimate of drug-likeness (QED) is 0.848. The molecule has 5 heteroatoms. The van der Waals surface area contributed by atoms with Gasteiger partial charge < -0.3 is 14.9 Å². The first-order valence-corrected chi connectivity index (χ1v) is 5.58. The molecule has 1 rings (SSSR count). The van der Waals surface area contributed by atoms with E-state index in [1.54, 1.807) is 0 Å². The lowest BCUT2D eigenvalue weighted by Crippen LogP contribution is -2.30. The van der Waals surface area contributed by atoms with Crippen LogP contribution in [0, 0.1) is 11.2 Å². The average Bonchev–Trinajstić information content (AvgIpc) is 2.25. The molecule has 0 saturated carbocycles. The standard InChI is InChI=1S/C13H17FO4/c1-8(15)10-5-4-9(6-11(10)14)18-7-13(2,3)12(16)17/h4-6,8,15H,7H2,1-3H3,(H,16,17)/t8-/m1/s1. The molecule has 0 aliphatic heterocycles. The molecule has 0 spiro atoms. The Kier molecular flexibility index (Phi) is 4.29. The molecule has 100 valence electrons. The molecule has 18 heavy (non-hydrogen) atoms. The van der Waals surface area contributed by atoms with Gasteiger partial charge in [-0.05, 0) is 32.9 Å². The maximum Gasteiger partial charge on any atom is 0.312 e. The lowest BCUT2D eigenvalue weighted by atomic mass is 9.95. The van der Waals surface area contributed by atoms with Crippen molar-refractivity contribution in [1.82, 2.24) is 0 Å². The minimum atomic E-state index is -1.04. The zero-order valence-corrected chi connectivity index (χ0v) is 10.6. The molecule has 0 heterocycles. The van der Waals surface area contributed by atoms with E-state index in [4.69, 9.17) is 9.84 Å². The number of aliphatic carboxylic acids is 1. The summed E-state index contributed by atoms with van der Waals surface area (Å²) in [7, 11) is 0. The first-order chi connectivity index (χ1) is 8.24. The number of hydrogen-bond donors (Lipinski definition) is 2. The second-order valence-corrected chi connectivity index (χ2v) is 4.84. The van der Waals surface area contributed by atoms with Crippen molar-refractivity contribution in [3.63, 3.8) is 0 Å². The Morgan fingerprint density at radius 2 is 2.11 bits per heavy atom. The molecule has 0 unspecified atom stereocenters. The average molecular weight is 256 g/mol. The van der Waals surface area contributed by atoms with Gasteiger partial charge >= 0.3 is 5.97 Å². The molecule has 2 N–H and O–H groups in total. The van der Waals surface area contributed by atoms with Crippen LogP contribution in [0.5, 0.6) is 5.75 Å². The predicted molar refractivity (Wildman–Crippen MR) is 63.9 cm³/mol. The molecule has 1 aromatic carbocycles. The van der Waals surface area contributed by atoms with E-state index in [1.165, 1.54) is 32.9 Å². The van der Waals surface area contributed by atoms with E-state index in [9.17, 15) is 14.3 Å². The molecule has 0 amide bonds. The Bertz CT molecular complexity index is 441. The summed E-state index contributed by atoms with van der Waals surface area (Å²) in [6.45, 7) is 4.45. The Labute approximate surface area is 105 Å². The number of aliphatic hydroxyl groups excluding tert-OH is 1. The molecule has 1 aromatic rings. The highest BCUT2D eigenvalue weighted by molar-refractivity contribution is 5.73. The molecule has 0 aromatic heterocycles. The molecule has 0 aliphatic carbocycles. The molecule has 0 saturated heterocycles. The van der Waals surface area contributed by atoms with Crippen LogP contribution in [-0.4, -0.2) is 22.8 Å². The molecule has 1 atom stereocenters. The zero-order chi connectivity index (χ0) is 13.9. The van der Waals surface area contributed by atoms with Crippen LogP contribution in [-0.2, 0) is 4.79 Å². The molecular formula is C13H17FO4. The van der Waals surface area contributed by atoms with Crippen LogP contribution in [0.1, 0.15) is 32.4 Å². The third-order valence-corrected chi connectivity index (χ3v) is 2.60. The first-order valence-electron chi connectivity index (χ1n) is 5.58. The number of carboxylic acid groups (broad SMARTS) is 1. The number of carbonyl (C=O) groups is 1. The van der Waals surface area contributed by atoms with E-state index in [0.717, 1.165) is 6.07 Å². The summed E-state index contributed by atoms with van der Waals surface area (Å²) in [5, 5.41) is 18.2. The molecule has 0 bridgehead atoms. The van der Waals surface area contributed by atoms with Crippen LogP contribution in [0.25, 0.3) is 0 Å². The van der Waals surface area contributed by atoms with Crippen LogP contribution in [0.4, 0.5) is 4.39 Å². The summed E-state index contributed by atoms with van der Waals surface area (Å²) in [6.07, 6.45) is -0.894. The van der Waals surface area contributed by atoms with Crippen LogP contribution >= 0.6 is 0 Å². The molecule has 4 nitrogen and oxygen atoms in total. The van der Waals surface area contributed by atoms with E-state index < -0.39 is 23.3 Å². The number of benzene rings is 1. The molecule has 0 fully saturated rings. The lowest BCUT2D eigenvalue weighted by Gasteiger charge is -2.19. The minimum absolute atomic E-state index is 0.0597. The van der Waals surface area contributed by atoms with Crippen molar-refractivity contribution in [1.29, 1.82) is 0 Å². The monoisotopic (exact) mass is 256 g/mol. The van der Waals surface area contributed by atoms with Crippen molar-refractivity contribution in [3.8, 4) is 5.75 Å². The molecule has 0 aliphatic rings. The maximum absolute atomic E-state index is 13.5. The fourth-order valence-corrected chi connectivity index (χ4v) is 1.26. The Morgan fingerprint density at radius 1 is 1.50 bits per heavy atom. The highest BCUT2D eigenvalue weighted by Crippen LogP contribution is 2.23.